The number of aliphatic hydroxyl groups excluding tert-OH is 5. The lowest BCUT2D eigenvalue weighted by Gasteiger charge is -2.42. The molecule has 2 aliphatic heterocycles. The molecule has 0 amide bonds. The van der Waals surface area contributed by atoms with E-state index in [4.69, 9.17) is 23.4 Å². The molecule has 5 rings (SSSR count). The van der Waals surface area contributed by atoms with E-state index in [-0.39, 0.29) is 11.1 Å². The van der Waals surface area contributed by atoms with Crippen LogP contribution in [0.25, 0.3) is 22.3 Å². The monoisotopic (exact) mass is 596 g/mol. The standard InChI is InChI=1S/C26H28O16/c27-6-15-17(33)19(35)22(42-25-23(36)26(37,7-28)8-38-25)24(40-15)41-21-18(34)16-13(32)4-10(29)5-14(16)39-20(21)9-1-2-11(30)12(31)3-9/h1-5,15,17,19,22-25,27-33,35-37H,6-8H2/t15-,17-,19+,22-,23+,24+,25+,26-/m1/s1. The maximum absolute atomic E-state index is 13.7. The largest absolute Gasteiger partial charge is 0.508 e. The summed E-state index contributed by atoms with van der Waals surface area (Å²) in [4.78, 5) is 13.7. The molecule has 42 heavy (non-hydrogen) atoms. The molecule has 2 saturated heterocycles. The maximum Gasteiger partial charge on any atom is 0.239 e. The molecule has 3 heterocycles. The quantitative estimate of drug-likeness (QED) is 0.131. The van der Waals surface area contributed by atoms with E-state index in [2.05, 4.69) is 0 Å². The van der Waals surface area contributed by atoms with Gasteiger partial charge in [0.2, 0.25) is 17.5 Å². The van der Waals surface area contributed by atoms with Crippen LogP contribution in [0, 0.1) is 0 Å². The van der Waals surface area contributed by atoms with Gasteiger partial charge in [-0.15, -0.1) is 0 Å². The SMILES string of the molecule is O=c1c(O[C@@H]2O[C@H](CO)[C@@H](O)[C@H](O)[C@H]2O[C@@H]2OC[C@](O)(CO)[C@H]2O)c(-c2ccc(O)c(O)c2)oc2cc(O)cc(O)c12. The summed E-state index contributed by atoms with van der Waals surface area (Å²) in [6.07, 6.45) is -12.3. The predicted molar refractivity (Wildman–Crippen MR) is 136 cm³/mol. The Balaban J connectivity index is 1.62. The molecule has 0 radical (unpaired) electrons. The Bertz CT molecular complexity index is 1520. The highest BCUT2D eigenvalue weighted by Crippen LogP contribution is 2.40. The van der Waals surface area contributed by atoms with E-state index in [1.807, 2.05) is 0 Å². The smallest absolute Gasteiger partial charge is 0.239 e. The molecular formula is C26H28O16. The summed E-state index contributed by atoms with van der Waals surface area (Å²) in [5.41, 5.74) is -3.51. The molecule has 0 saturated carbocycles. The third-order valence-electron chi connectivity index (χ3n) is 7.08. The van der Waals surface area contributed by atoms with Crippen molar-refractivity contribution in [3.63, 3.8) is 0 Å². The van der Waals surface area contributed by atoms with Crippen molar-refractivity contribution in [2.24, 2.45) is 0 Å². The van der Waals surface area contributed by atoms with Crippen LogP contribution in [0.1, 0.15) is 0 Å². The van der Waals surface area contributed by atoms with Gasteiger partial charge in [-0.05, 0) is 18.2 Å². The molecule has 2 aliphatic rings. The van der Waals surface area contributed by atoms with Crippen molar-refractivity contribution in [2.75, 3.05) is 19.8 Å². The van der Waals surface area contributed by atoms with Crippen molar-refractivity contribution in [3.05, 3.63) is 40.6 Å². The van der Waals surface area contributed by atoms with Gasteiger partial charge in [-0.25, -0.2) is 0 Å². The Morgan fingerprint density at radius 1 is 0.929 bits per heavy atom. The zero-order chi connectivity index (χ0) is 30.5. The number of hydrogen-bond acceptors (Lipinski definition) is 16. The third-order valence-corrected chi connectivity index (χ3v) is 7.08. The first-order chi connectivity index (χ1) is 19.9. The molecule has 0 aliphatic carbocycles. The summed E-state index contributed by atoms with van der Waals surface area (Å²) in [5, 5.41) is 101. The molecule has 1 aromatic heterocycles. The summed E-state index contributed by atoms with van der Waals surface area (Å²) in [5.74, 6) is -3.39. The molecule has 16 heteroatoms. The summed E-state index contributed by atoms with van der Waals surface area (Å²) < 4.78 is 28.0. The average Bonchev–Trinajstić information content (AvgIpc) is 3.23. The number of phenols is 4. The van der Waals surface area contributed by atoms with E-state index in [1.165, 1.54) is 6.07 Å². The molecule has 0 bridgehead atoms. The van der Waals surface area contributed by atoms with Gasteiger partial charge in [-0.2, -0.15) is 0 Å². The number of phenolic OH excluding ortho intramolecular Hbond substituents is 4. The van der Waals surface area contributed by atoms with Crippen molar-refractivity contribution in [1.82, 2.24) is 0 Å². The highest BCUT2D eigenvalue weighted by Gasteiger charge is 2.53. The number of hydrogen-bond donors (Lipinski definition) is 10. The lowest BCUT2D eigenvalue weighted by Crippen LogP contribution is -2.62. The molecule has 2 aromatic carbocycles. The predicted octanol–water partition coefficient (Wildman–Crippen LogP) is -2.07. The van der Waals surface area contributed by atoms with Gasteiger partial charge >= 0.3 is 0 Å². The van der Waals surface area contributed by atoms with Crippen molar-refractivity contribution in [3.8, 4) is 40.1 Å². The second kappa shape index (κ2) is 11.2. The van der Waals surface area contributed by atoms with Crippen LogP contribution < -0.4 is 10.2 Å². The van der Waals surface area contributed by atoms with Gasteiger partial charge in [-0.1, -0.05) is 0 Å². The molecule has 3 aromatic rings. The minimum Gasteiger partial charge on any atom is -0.508 e. The van der Waals surface area contributed by atoms with E-state index >= 15 is 0 Å². The van der Waals surface area contributed by atoms with Gasteiger partial charge < -0.3 is 74.4 Å². The minimum atomic E-state index is -2.12. The van der Waals surface area contributed by atoms with Crippen LogP contribution in [0.5, 0.6) is 28.7 Å². The van der Waals surface area contributed by atoms with Crippen molar-refractivity contribution in [2.45, 2.75) is 48.7 Å². The van der Waals surface area contributed by atoms with E-state index in [0.717, 1.165) is 24.3 Å². The fraction of sp³-hybridized carbons (Fsp3) is 0.423. The lowest BCUT2D eigenvalue weighted by molar-refractivity contribution is -0.319. The Morgan fingerprint density at radius 3 is 2.31 bits per heavy atom. The van der Waals surface area contributed by atoms with Gasteiger partial charge in [0.25, 0.3) is 0 Å². The minimum absolute atomic E-state index is 0.0442. The van der Waals surface area contributed by atoms with Crippen LogP contribution in [0.2, 0.25) is 0 Å². The Morgan fingerprint density at radius 2 is 1.67 bits per heavy atom. The van der Waals surface area contributed by atoms with E-state index in [1.54, 1.807) is 0 Å². The molecule has 10 N–H and O–H groups in total. The van der Waals surface area contributed by atoms with Crippen LogP contribution >= 0.6 is 0 Å². The van der Waals surface area contributed by atoms with Crippen LogP contribution in [0.4, 0.5) is 0 Å². The number of benzene rings is 2. The Kier molecular flexibility index (Phi) is 7.92. The number of aromatic hydroxyl groups is 4. The van der Waals surface area contributed by atoms with E-state index in [0.29, 0.717) is 0 Å². The fourth-order valence-electron chi connectivity index (χ4n) is 4.71. The van der Waals surface area contributed by atoms with Gasteiger partial charge in [-0.3, -0.25) is 4.79 Å². The summed E-state index contributed by atoms with van der Waals surface area (Å²) in [6.45, 7) is -2.31. The lowest BCUT2D eigenvalue weighted by atomic mass is 9.98. The zero-order valence-corrected chi connectivity index (χ0v) is 21.5. The van der Waals surface area contributed by atoms with Gasteiger partial charge in [0.15, 0.2) is 29.7 Å². The second-order valence-corrected chi connectivity index (χ2v) is 9.94. The topological polar surface area (TPSA) is 269 Å². The third kappa shape index (κ3) is 5.08. The second-order valence-electron chi connectivity index (χ2n) is 9.94. The first-order valence-electron chi connectivity index (χ1n) is 12.5. The Hall–Kier alpha value is -3.71. The molecule has 16 nitrogen and oxygen atoms in total. The molecule has 0 unspecified atom stereocenters. The van der Waals surface area contributed by atoms with Crippen LogP contribution in [-0.4, -0.2) is 120 Å². The van der Waals surface area contributed by atoms with Crippen LogP contribution in [-0.2, 0) is 14.2 Å². The van der Waals surface area contributed by atoms with Gasteiger partial charge in [0, 0.05) is 17.7 Å². The maximum atomic E-state index is 13.7. The van der Waals surface area contributed by atoms with E-state index in [9.17, 15) is 55.9 Å². The van der Waals surface area contributed by atoms with Gasteiger partial charge in [0.05, 0.1) is 19.8 Å². The Labute approximate surface area is 235 Å². The molecular weight excluding hydrogens is 568 g/mol. The fourth-order valence-corrected chi connectivity index (χ4v) is 4.71. The summed E-state index contributed by atoms with van der Waals surface area (Å²) >= 11 is 0. The number of ether oxygens (including phenoxy) is 4. The van der Waals surface area contributed by atoms with Crippen LogP contribution in [0.3, 0.4) is 0 Å². The highest BCUT2D eigenvalue weighted by atomic mass is 16.8. The number of aliphatic hydroxyl groups is 6. The zero-order valence-electron chi connectivity index (χ0n) is 21.5. The summed E-state index contributed by atoms with van der Waals surface area (Å²) in [7, 11) is 0. The summed E-state index contributed by atoms with van der Waals surface area (Å²) in [6, 6.07) is 5.21. The van der Waals surface area contributed by atoms with Crippen molar-refractivity contribution >= 4 is 11.0 Å². The molecule has 8 atom stereocenters. The average molecular weight is 596 g/mol. The number of rotatable bonds is 7. The first-order valence-corrected chi connectivity index (χ1v) is 12.5. The van der Waals surface area contributed by atoms with Crippen molar-refractivity contribution in [1.29, 1.82) is 0 Å². The molecule has 228 valence electrons. The van der Waals surface area contributed by atoms with Crippen molar-refractivity contribution < 1.29 is 74.4 Å². The normalized spacial score (nSPS) is 31.4. The number of fused-ring (bicyclic) bond motifs is 1. The first kappa shape index (κ1) is 29.8. The highest BCUT2D eigenvalue weighted by molar-refractivity contribution is 5.88. The van der Waals surface area contributed by atoms with Gasteiger partial charge in [0.1, 0.15) is 52.5 Å². The van der Waals surface area contributed by atoms with Crippen LogP contribution in [0.15, 0.2) is 39.5 Å². The van der Waals surface area contributed by atoms with E-state index < -0.39 is 114 Å². The molecule has 2 fully saturated rings. The molecule has 0 spiro atoms.